The topological polar surface area (TPSA) is 78.6 Å². The van der Waals surface area contributed by atoms with Crippen molar-refractivity contribution < 1.29 is 4.52 Å². The van der Waals surface area contributed by atoms with Crippen LogP contribution in [0.15, 0.2) is 27.2 Å². The Morgan fingerprint density at radius 3 is 2.57 bits per heavy atom. The van der Waals surface area contributed by atoms with Crippen molar-refractivity contribution in [3.63, 3.8) is 0 Å². The standard InChI is InChI=1S/C12H18N6OS.HI/c1-13-11(14-6-9-4-5-19-17-9)15-7-10-8-20-12(16-10)18(2)3;/h4-5,8H,6-7H2,1-3H3,(H2,13,14,15);1H. The number of aromatic nitrogens is 2. The second kappa shape index (κ2) is 8.82. The number of halogens is 1. The molecule has 2 N–H and O–H groups in total. The van der Waals surface area contributed by atoms with E-state index in [4.69, 9.17) is 4.52 Å². The molecule has 0 aliphatic rings. The lowest BCUT2D eigenvalue weighted by Crippen LogP contribution is -2.36. The van der Waals surface area contributed by atoms with Gasteiger partial charge < -0.3 is 20.1 Å². The van der Waals surface area contributed by atoms with E-state index in [1.165, 1.54) is 0 Å². The first-order valence-corrected chi connectivity index (χ1v) is 7.02. The zero-order valence-electron chi connectivity index (χ0n) is 12.2. The number of hydrogen-bond donors (Lipinski definition) is 2. The Morgan fingerprint density at radius 1 is 1.33 bits per heavy atom. The van der Waals surface area contributed by atoms with Crippen LogP contribution in [-0.2, 0) is 13.1 Å². The first kappa shape index (κ1) is 17.7. The molecule has 0 amide bonds. The average Bonchev–Trinajstić information content (AvgIpc) is 3.10. The van der Waals surface area contributed by atoms with Crippen molar-refractivity contribution in [1.82, 2.24) is 20.8 Å². The van der Waals surface area contributed by atoms with Crippen LogP contribution in [0.25, 0.3) is 0 Å². The summed E-state index contributed by atoms with van der Waals surface area (Å²) in [5.74, 6) is 0.701. The van der Waals surface area contributed by atoms with Gasteiger partial charge in [-0.05, 0) is 0 Å². The van der Waals surface area contributed by atoms with Gasteiger partial charge >= 0.3 is 0 Å². The van der Waals surface area contributed by atoms with Crippen molar-refractivity contribution in [3.05, 3.63) is 29.1 Å². The summed E-state index contributed by atoms with van der Waals surface area (Å²) in [6.45, 7) is 1.19. The fourth-order valence-corrected chi connectivity index (χ4v) is 2.24. The molecule has 0 fully saturated rings. The van der Waals surface area contributed by atoms with Gasteiger partial charge in [-0.25, -0.2) is 4.98 Å². The van der Waals surface area contributed by atoms with Gasteiger partial charge in [0.15, 0.2) is 11.1 Å². The van der Waals surface area contributed by atoms with Gasteiger partial charge in [0.1, 0.15) is 12.0 Å². The van der Waals surface area contributed by atoms with Crippen molar-refractivity contribution in [3.8, 4) is 0 Å². The predicted molar refractivity (Wildman–Crippen MR) is 95.4 cm³/mol. The fraction of sp³-hybridized carbons (Fsp3) is 0.417. The van der Waals surface area contributed by atoms with Gasteiger partial charge in [0.2, 0.25) is 0 Å². The molecular weight excluding hydrogens is 403 g/mol. The molecule has 2 heterocycles. The minimum absolute atomic E-state index is 0. The quantitative estimate of drug-likeness (QED) is 0.434. The van der Waals surface area contributed by atoms with Crippen LogP contribution in [0.2, 0.25) is 0 Å². The zero-order valence-corrected chi connectivity index (χ0v) is 15.3. The molecular formula is C12H19IN6OS. The minimum atomic E-state index is 0. The van der Waals surface area contributed by atoms with Gasteiger partial charge in [0.25, 0.3) is 0 Å². The zero-order chi connectivity index (χ0) is 14.4. The molecule has 0 saturated heterocycles. The highest BCUT2D eigenvalue weighted by atomic mass is 127. The van der Waals surface area contributed by atoms with Crippen molar-refractivity contribution in [2.24, 2.45) is 4.99 Å². The van der Waals surface area contributed by atoms with E-state index in [1.807, 2.05) is 30.4 Å². The van der Waals surface area contributed by atoms with Crippen LogP contribution in [0.4, 0.5) is 5.13 Å². The predicted octanol–water partition coefficient (Wildman–Crippen LogP) is 1.68. The van der Waals surface area contributed by atoms with Crippen molar-refractivity contribution >= 4 is 46.4 Å². The van der Waals surface area contributed by atoms with E-state index in [0.717, 1.165) is 16.5 Å². The number of hydrogen-bond acceptors (Lipinski definition) is 6. The van der Waals surface area contributed by atoms with E-state index in [1.54, 1.807) is 24.6 Å². The number of thiazole rings is 1. The number of nitrogens with one attached hydrogen (secondary N) is 2. The summed E-state index contributed by atoms with van der Waals surface area (Å²) in [6.07, 6.45) is 1.55. The molecule has 0 radical (unpaired) electrons. The molecule has 116 valence electrons. The highest BCUT2D eigenvalue weighted by Gasteiger charge is 2.05. The van der Waals surface area contributed by atoms with Crippen LogP contribution in [0.5, 0.6) is 0 Å². The highest BCUT2D eigenvalue weighted by Crippen LogP contribution is 2.17. The second-order valence-electron chi connectivity index (χ2n) is 4.29. The Bertz CT molecular complexity index is 554. The first-order chi connectivity index (χ1) is 9.69. The van der Waals surface area contributed by atoms with Gasteiger partial charge in [-0.1, -0.05) is 5.16 Å². The summed E-state index contributed by atoms with van der Waals surface area (Å²) in [6, 6.07) is 1.81. The number of aliphatic imine (C=N–C) groups is 1. The molecule has 0 saturated carbocycles. The van der Waals surface area contributed by atoms with E-state index in [9.17, 15) is 0 Å². The Morgan fingerprint density at radius 2 is 2.05 bits per heavy atom. The van der Waals surface area contributed by atoms with E-state index < -0.39 is 0 Å². The average molecular weight is 422 g/mol. The Labute approximate surface area is 144 Å². The molecule has 0 aliphatic heterocycles. The van der Waals surface area contributed by atoms with Crippen molar-refractivity contribution in [2.45, 2.75) is 13.1 Å². The molecule has 0 unspecified atom stereocenters. The third kappa shape index (κ3) is 5.50. The molecule has 21 heavy (non-hydrogen) atoms. The van der Waals surface area contributed by atoms with Gasteiger partial charge in [0.05, 0.1) is 18.8 Å². The van der Waals surface area contributed by atoms with Crippen molar-refractivity contribution in [2.75, 3.05) is 26.0 Å². The SMILES string of the molecule is CN=C(NCc1ccon1)NCc1csc(N(C)C)n1.I. The Kier molecular flexibility index (Phi) is 7.43. The lowest BCUT2D eigenvalue weighted by atomic mass is 10.4. The van der Waals surface area contributed by atoms with E-state index in [0.29, 0.717) is 19.0 Å². The van der Waals surface area contributed by atoms with Gasteiger partial charge in [0, 0.05) is 32.6 Å². The van der Waals surface area contributed by atoms with Crippen LogP contribution in [0, 0.1) is 0 Å². The summed E-state index contributed by atoms with van der Waals surface area (Å²) in [5, 5.41) is 13.2. The van der Waals surface area contributed by atoms with E-state index in [-0.39, 0.29) is 24.0 Å². The summed E-state index contributed by atoms with van der Waals surface area (Å²) < 4.78 is 4.77. The molecule has 9 heteroatoms. The summed E-state index contributed by atoms with van der Waals surface area (Å²) >= 11 is 1.62. The number of rotatable bonds is 5. The van der Waals surface area contributed by atoms with Crippen LogP contribution >= 0.6 is 35.3 Å². The van der Waals surface area contributed by atoms with Gasteiger partial charge in [-0.3, -0.25) is 4.99 Å². The monoisotopic (exact) mass is 422 g/mol. The Balaban J connectivity index is 0.00000220. The van der Waals surface area contributed by atoms with Crippen LogP contribution in [-0.4, -0.2) is 37.2 Å². The normalized spacial score (nSPS) is 10.9. The van der Waals surface area contributed by atoms with E-state index >= 15 is 0 Å². The lowest BCUT2D eigenvalue weighted by Gasteiger charge is -2.09. The third-order valence-corrected chi connectivity index (χ3v) is 3.57. The van der Waals surface area contributed by atoms with E-state index in [2.05, 4.69) is 25.8 Å². The fourth-order valence-electron chi connectivity index (χ4n) is 1.48. The smallest absolute Gasteiger partial charge is 0.191 e. The number of nitrogens with zero attached hydrogens (tertiary/aromatic N) is 4. The maximum atomic E-state index is 4.77. The highest BCUT2D eigenvalue weighted by molar-refractivity contribution is 14.0. The van der Waals surface area contributed by atoms with Gasteiger partial charge in [-0.15, -0.1) is 35.3 Å². The van der Waals surface area contributed by atoms with Gasteiger partial charge in [-0.2, -0.15) is 0 Å². The molecule has 2 aromatic rings. The van der Waals surface area contributed by atoms with Crippen molar-refractivity contribution in [1.29, 1.82) is 0 Å². The minimum Gasteiger partial charge on any atom is -0.364 e. The molecule has 0 bridgehead atoms. The summed E-state index contributed by atoms with van der Waals surface area (Å²) in [4.78, 5) is 10.6. The third-order valence-electron chi connectivity index (χ3n) is 2.51. The first-order valence-electron chi connectivity index (χ1n) is 6.14. The molecule has 0 spiro atoms. The maximum absolute atomic E-state index is 4.77. The maximum Gasteiger partial charge on any atom is 0.191 e. The van der Waals surface area contributed by atoms with Crippen LogP contribution < -0.4 is 15.5 Å². The van der Waals surface area contributed by atoms with Crippen LogP contribution in [0.1, 0.15) is 11.4 Å². The number of guanidine groups is 1. The Hall–Kier alpha value is -1.36. The second-order valence-corrected chi connectivity index (χ2v) is 5.12. The largest absolute Gasteiger partial charge is 0.364 e. The lowest BCUT2D eigenvalue weighted by molar-refractivity contribution is 0.410. The molecule has 0 aromatic carbocycles. The molecule has 0 atom stereocenters. The molecule has 2 rings (SSSR count). The molecule has 2 aromatic heterocycles. The molecule has 7 nitrogen and oxygen atoms in total. The molecule has 0 aliphatic carbocycles. The summed E-state index contributed by atoms with van der Waals surface area (Å²) in [7, 11) is 5.69. The summed E-state index contributed by atoms with van der Waals surface area (Å²) in [5.41, 5.74) is 1.82. The van der Waals surface area contributed by atoms with Crippen LogP contribution in [0.3, 0.4) is 0 Å². The number of anilines is 1.